The topological polar surface area (TPSA) is 130 Å². The summed E-state index contributed by atoms with van der Waals surface area (Å²) in [6.45, 7) is 1.03. The highest BCUT2D eigenvalue weighted by molar-refractivity contribution is 6.06. The summed E-state index contributed by atoms with van der Waals surface area (Å²) in [5.74, 6) is -0.683. The van der Waals surface area contributed by atoms with Crippen molar-refractivity contribution in [3.63, 3.8) is 0 Å². The van der Waals surface area contributed by atoms with E-state index in [1.165, 1.54) is 18.0 Å². The zero-order valence-corrected chi connectivity index (χ0v) is 20.3. The number of hydrogen-bond acceptors (Lipinski definition) is 7. The molecule has 2 aromatic carbocycles. The number of amides is 2. The van der Waals surface area contributed by atoms with Gasteiger partial charge in [-0.1, -0.05) is 24.3 Å². The van der Waals surface area contributed by atoms with Gasteiger partial charge in [-0.05, 0) is 43.9 Å². The van der Waals surface area contributed by atoms with Gasteiger partial charge in [0.1, 0.15) is 18.9 Å². The molecule has 190 valence electrons. The summed E-state index contributed by atoms with van der Waals surface area (Å²) in [6.07, 6.45) is 5.32. The molecule has 9 heteroatoms. The Bertz CT molecular complexity index is 1070. The van der Waals surface area contributed by atoms with Gasteiger partial charge in [0.2, 0.25) is 0 Å². The van der Waals surface area contributed by atoms with Crippen LogP contribution in [0.5, 0.6) is 0 Å². The summed E-state index contributed by atoms with van der Waals surface area (Å²) in [5.41, 5.74) is 1.88. The molecule has 2 amide bonds. The van der Waals surface area contributed by atoms with Gasteiger partial charge in [-0.25, -0.2) is 0 Å². The Morgan fingerprint density at radius 1 is 0.917 bits per heavy atom. The van der Waals surface area contributed by atoms with Gasteiger partial charge in [0, 0.05) is 48.9 Å². The van der Waals surface area contributed by atoms with Crippen LogP contribution in [0.25, 0.3) is 0 Å². The third kappa shape index (κ3) is 7.97. The van der Waals surface area contributed by atoms with Crippen molar-refractivity contribution in [3.8, 4) is 0 Å². The number of carbonyl (C=O) groups excluding carboxylic acids is 6. The van der Waals surface area contributed by atoms with E-state index in [1.54, 1.807) is 36.4 Å². The van der Waals surface area contributed by atoms with Gasteiger partial charge in [0.05, 0.1) is 11.6 Å². The minimum atomic E-state index is -0.770. The molecule has 0 saturated heterocycles. The Kier molecular flexibility index (Phi) is 11.7. The van der Waals surface area contributed by atoms with E-state index >= 15 is 0 Å². The fraction of sp³-hybridized carbons (Fsp3) is 0.333. The third-order valence-electron chi connectivity index (χ3n) is 5.76. The van der Waals surface area contributed by atoms with Crippen molar-refractivity contribution in [3.05, 3.63) is 64.7 Å². The molecule has 9 nitrogen and oxygen atoms in total. The van der Waals surface area contributed by atoms with Crippen molar-refractivity contribution < 1.29 is 28.8 Å². The Hall–Kier alpha value is -4.14. The molecular formula is C27H31N3O6. The van der Waals surface area contributed by atoms with Crippen molar-refractivity contribution in [1.29, 1.82) is 0 Å². The van der Waals surface area contributed by atoms with Gasteiger partial charge in [0.15, 0.2) is 6.29 Å². The fourth-order valence-electron chi connectivity index (χ4n) is 3.64. The minimum absolute atomic E-state index is 0.147. The van der Waals surface area contributed by atoms with Crippen molar-refractivity contribution in [2.45, 2.75) is 38.1 Å². The first-order valence-electron chi connectivity index (χ1n) is 11.8. The fourth-order valence-corrected chi connectivity index (χ4v) is 3.64. The number of aldehydes is 4. The molecule has 0 aliphatic rings. The second kappa shape index (κ2) is 15.0. The normalized spacial score (nSPS) is 11.1. The van der Waals surface area contributed by atoms with Crippen LogP contribution in [-0.4, -0.2) is 68.0 Å². The van der Waals surface area contributed by atoms with Crippen molar-refractivity contribution >= 4 is 42.6 Å². The maximum atomic E-state index is 13.1. The maximum absolute atomic E-state index is 13.1. The molecule has 1 unspecified atom stereocenters. The molecule has 36 heavy (non-hydrogen) atoms. The summed E-state index contributed by atoms with van der Waals surface area (Å²) in [5, 5.41) is 6.03. The summed E-state index contributed by atoms with van der Waals surface area (Å²) in [6, 6.07) is 10.5. The molecule has 0 fully saturated rings. The van der Waals surface area contributed by atoms with Gasteiger partial charge in [-0.15, -0.1) is 0 Å². The van der Waals surface area contributed by atoms with Crippen LogP contribution in [0.1, 0.15) is 73.5 Å². The van der Waals surface area contributed by atoms with Crippen LogP contribution in [0.15, 0.2) is 42.5 Å². The van der Waals surface area contributed by atoms with E-state index in [0.717, 1.165) is 25.5 Å². The van der Waals surface area contributed by atoms with E-state index in [2.05, 4.69) is 10.6 Å². The molecule has 0 aliphatic carbocycles. The first kappa shape index (κ1) is 28.1. The van der Waals surface area contributed by atoms with Crippen molar-refractivity contribution in [2.24, 2.45) is 0 Å². The van der Waals surface area contributed by atoms with Crippen LogP contribution in [0.4, 0.5) is 5.69 Å². The highest BCUT2D eigenvalue weighted by Crippen LogP contribution is 2.22. The van der Waals surface area contributed by atoms with Crippen LogP contribution < -0.4 is 10.6 Å². The highest BCUT2D eigenvalue weighted by atomic mass is 16.2. The first-order valence-corrected chi connectivity index (χ1v) is 11.8. The monoisotopic (exact) mass is 493 g/mol. The number of likely N-dealkylation sites (N-methyl/N-ethyl adjacent to an activating group) is 1. The van der Waals surface area contributed by atoms with E-state index in [9.17, 15) is 28.8 Å². The Labute approximate surface area is 210 Å². The van der Waals surface area contributed by atoms with E-state index in [4.69, 9.17) is 0 Å². The molecule has 0 aliphatic heterocycles. The zero-order chi connectivity index (χ0) is 26.3. The molecule has 2 aromatic rings. The number of anilines is 1. The van der Waals surface area contributed by atoms with Gasteiger partial charge >= 0.3 is 0 Å². The summed E-state index contributed by atoms with van der Waals surface area (Å²) >= 11 is 0. The number of nitrogens with one attached hydrogen (secondary N) is 2. The average molecular weight is 494 g/mol. The Balaban J connectivity index is 1.87. The lowest BCUT2D eigenvalue weighted by Crippen LogP contribution is -2.39. The lowest BCUT2D eigenvalue weighted by molar-refractivity contribution is -0.112. The number of rotatable bonds is 16. The highest BCUT2D eigenvalue weighted by Gasteiger charge is 2.25. The Morgan fingerprint density at radius 2 is 1.64 bits per heavy atom. The first-order chi connectivity index (χ1) is 17.5. The third-order valence-corrected chi connectivity index (χ3v) is 5.76. The van der Waals surface area contributed by atoms with Gasteiger partial charge < -0.3 is 25.1 Å². The standard InChI is InChI=1S/C27H31N3O6/c1-30(23(19-34)8-6-16-31)27(36)25-22(18-33)7-5-9-24(25)28-14-3-2-4-15-29-26(35)21-12-10-20(17-32)11-13-21/h5,7,9-13,16-19,23,28H,2-4,6,8,14-15H2,1H3,(H,29,35). The van der Waals surface area contributed by atoms with Crippen LogP contribution in [0.3, 0.4) is 0 Å². The molecule has 0 radical (unpaired) electrons. The minimum Gasteiger partial charge on any atom is -0.384 e. The molecule has 2 N–H and O–H groups in total. The predicted octanol–water partition coefficient (Wildman–Crippen LogP) is 2.94. The lowest BCUT2D eigenvalue weighted by atomic mass is 10.0. The molecule has 1 atom stereocenters. The second-order valence-corrected chi connectivity index (χ2v) is 8.23. The summed E-state index contributed by atoms with van der Waals surface area (Å²) < 4.78 is 0. The number of nitrogens with zero attached hydrogens (tertiary/aromatic N) is 1. The number of carbonyl (C=O) groups is 6. The van der Waals surface area contributed by atoms with E-state index in [-0.39, 0.29) is 29.9 Å². The Morgan fingerprint density at radius 3 is 2.28 bits per heavy atom. The smallest absolute Gasteiger partial charge is 0.257 e. The molecule has 0 bridgehead atoms. The number of benzene rings is 2. The van der Waals surface area contributed by atoms with E-state index < -0.39 is 11.9 Å². The quantitative estimate of drug-likeness (QED) is 0.272. The molecule has 0 aromatic heterocycles. The molecule has 0 heterocycles. The van der Waals surface area contributed by atoms with Crippen molar-refractivity contribution in [2.75, 3.05) is 25.5 Å². The van der Waals surface area contributed by atoms with Crippen LogP contribution >= 0.6 is 0 Å². The van der Waals surface area contributed by atoms with E-state index in [0.29, 0.717) is 48.8 Å². The molecular weight excluding hydrogens is 462 g/mol. The SMILES string of the molecule is CN(C(=O)c1c(C=O)cccc1NCCCCCNC(=O)c1ccc(C=O)cc1)C(C=O)CCC=O. The summed E-state index contributed by atoms with van der Waals surface area (Å²) in [7, 11) is 1.47. The summed E-state index contributed by atoms with van der Waals surface area (Å²) in [4.78, 5) is 70.9. The number of unbranched alkanes of at least 4 members (excludes halogenated alkanes) is 2. The maximum Gasteiger partial charge on any atom is 0.257 e. The van der Waals surface area contributed by atoms with Crippen LogP contribution in [0.2, 0.25) is 0 Å². The molecule has 0 saturated carbocycles. The van der Waals surface area contributed by atoms with Crippen LogP contribution in [-0.2, 0) is 9.59 Å². The predicted molar refractivity (Wildman–Crippen MR) is 136 cm³/mol. The van der Waals surface area contributed by atoms with Crippen molar-refractivity contribution in [1.82, 2.24) is 10.2 Å². The average Bonchev–Trinajstić information content (AvgIpc) is 2.92. The second-order valence-electron chi connectivity index (χ2n) is 8.23. The molecule has 0 spiro atoms. The van der Waals surface area contributed by atoms with E-state index in [1.807, 2.05) is 0 Å². The molecule has 2 rings (SSSR count). The zero-order valence-electron chi connectivity index (χ0n) is 20.3. The largest absolute Gasteiger partial charge is 0.384 e. The van der Waals surface area contributed by atoms with Gasteiger partial charge in [-0.2, -0.15) is 0 Å². The van der Waals surface area contributed by atoms with Crippen LogP contribution in [0, 0.1) is 0 Å². The van der Waals surface area contributed by atoms with Gasteiger partial charge in [-0.3, -0.25) is 19.2 Å². The lowest BCUT2D eigenvalue weighted by Gasteiger charge is -2.25. The van der Waals surface area contributed by atoms with Gasteiger partial charge in [0.25, 0.3) is 11.8 Å². The number of hydrogen-bond donors (Lipinski definition) is 2.